The molecule has 1 aliphatic heterocycles. The van der Waals surface area contributed by atoms with Crippen LogP contribution < -0.4 is 10.9 Å². The molecule has 0 unspecified atom stereocenters. The van der Waals surface area contributed by atoms with Crippen LogP contribution in [0.2, 0.25) is 0 Å². The van der Waals surface area contributed by atoms with Crippen molar-refractivity contribution in [3.63, 3.8) is 0 Å². The lowest BCUT2D eigenvalue weighted by atomic mass is 10.2. The van der Waals surface area contributed by atoms with E-state index < -0.39 is 5.91 Å². The quantitative estimate of drug-likeness (QED) is 0.821. The molecule has 0 radical (unpaired) electrons. The van der Waals surface area contributed by atoms with Crippen LogP contribution in [0.15, 0.2) is 29.3 Å². The predicted octanol–water partition coefficient (Wildman–Crippen LogP) is 0.745. The zero-order chi connectivity index (χ0) is 17.1. The molecule has 1 N–H and O–H groups in total. The predicted molar refractivity (Wildman–Crippen MR) is 89.0 cm³/mol. The maximum atomic E-state index is 12.4. The lowest BCUT2D eigenvalue weighted by Crippen LogP contribution is -2.34. The van der Waals surface area contributed by atoms with Crippen LogP contribution in [0, 0.1) is 6.92 Å². The standard InChI is InChI=1S/C17H20N4O3/c1-12-5-9-21-14(10-12)19-11-13(17(21)24)16(23)18-6-3-8-20-7-2-4-15(20)22/h5,9-11H,2-4,6-8H2,1H3,(H,18,23). The number of carbonyl (C=O) groups is 2. The van der Waals surface area contributed by atoms with Crippen molar-refractivity contribution in [2.45, 2.75) is 26.2 Å². The van der Waals surface area contributed by atoms with E-state index in [-0.39, 0.29) is 17.0 Å². The second-order valence-electron chi connectivity index (χ2n) is 6.00. The summed E-state index contributed by atoms with van der Waals surface area (Å²) in [7, 11) is 0. The fraction of sp³-hybridized carbons (Fsp3) is 0.412. The Balaban J connectivity index is 1.61. The Morgan fingerprint density at radius 2 is 2.21 bits per heavy atom. The Kier molecular flexibility index (Phi) is 4.59. The molecule has 7 nitrogen and oxygen atoms in total. The van der Waals surface area contributed by atoms with Crippen molar-refractivity contribution in [1.29, 1.82) is 0 Å². The van der Waals surface area contributed by atoms with Gasteiger partial charge in [0.05, 0.1) is 0 Å². The van der Waals surface area contributed by atoms with Gasteiger partial charge >= 0.3 is 0 Å². The van der Waals surface area contributed by atoms with Gasteiger partial charge in [-0.25, -0.2) is 4.98 Å². The van der Waals surface area contributed by atoms with Gasteiger partial charge in [-0.15, -0.1) is 0 Å². The van der Waals surface area contributed by atoms with Gasteiger partial charge in [0.1, 0.15) is 11.2 Å². The molecule has 2 aromatic rings. The fourth-order valence-electron chi connectivity index (χ4n) is 2.84. The Morgan fingerprint density at radius 3 is 2.96 bits per heavy atom. The summed E-state index contributed by atoms with van der Waals surface area (Å²) < 4.78 is 1.37. The van der Waals surface area contributed by atoms with Crippen LogP contribution in [-0.2, 0) is 4.79 Å². The van der Waals surface area contributed by atoms with E-state index in [1.807, 2.05) is 6.92 Å². The summed E-state index contributed by atoms with van der Waals surface area (Å²) in [4.78, 5) is 42.1. The third kappa shape index (κ3) is 3.29. The molecule has 1 saturated heterocycles. The first-order valence-electron chi connectivity index (χ1n) is 8.10. The molecule has 126 valence electrons. The minimum absolute atomic E-state index is 0.0219. The molecule has 0 aliphatic carbocycles. The molecule has 0 bridgehead atoms. The highest BCUT2D eigenvalue weighted by atomic mass is 16.2. The molecule has 1 aliphatic rings. The number of fused-ring (bicyclic) bond motifs is 1. The van der Waals surface area contributed by atoms with E-state index in [9.17, 15) is 14.4 Å². The highest BCUT2D eigenvalue weighted by molar-refractivity contribution is 5.93. The van der Waals surface area contributed by atoms with Gasteiger partial charge in [0.2, 0.25) is 5.91 Å². The zero-order valence-electron chi connectivity index (χ0n) is 13.6. The Labute approximate surface area is 139 Å². The van der Waals surface area contributed by atoms with Crippen molar-refractivity contribution in [2.75, 3.05) is 19.6 Å². The van der Waals surface area contributed by atoms with E-state index in [0.717, 1.165) is 18.5 Å². The molecule has 0 aromatic carbocycles. The highest BCUT2D eigenvalue weighted by Gasteiger charge is 2.19. The number of rotatable bonds is 5. The number of pyridine rings is 1. The second-order valence-corrected chi connectivity index (χ2v) is 6.00. The number of likely N-dealkylation sites (tertiary alicyclic amines) is 1. The van der Waals surface area contributed by atoms with Crippen molar-refractivity contribution >= 4 is 17.5 Å². The first-order chi connectivity index (χ1) is 11.6. The van der Waals surface area contributed by atoms with Gasteiger partial charge in [0.15, 0.2) is 0 Å². The molecule has 0 atom stereocenters. The number of hydrogen-bond donors (Lipinski definition) is 1. The molecular formula is C17H20N4O3. The van der Waals surface area contributed by atoms with Crippen LogP contribution in [0.4, 0.5) is 0 Å². The average molecular weight is 328 g/mol. The molecule has 3 rings (SSSR count). The minimum atomic E-state index is -0.435. The van der Waals surface area contributed by atoms with Crippen LogP contribution in [0.3, 0.4) is 0 Å². The Morgan fingerprint density at radius 1 is 1.38 bits per heavy atom. The molecule has 0 saturated carbocycles. The number of aryl methyl sites for hydroxylation is 1. The van der Waals surface area contributed by atoms with Crippen molar-refractivity contribution in [2.24, 2.45) is 0 Å². The van der Waals surface area contributed by atoms with E-state index in [2.05, 4.69) is 10.3 Å². The summed E-state index contributed by atoms with van der Waals surface area (Å²) in [6.45, 7) is 3.76. The van der Waals surface area contributed by atoms with Gasteiger partial charge in [-0.3, -0.25) is 18.8 Å². The first kappa shape index (κ1) is 16.2. The summed E-state index contributed by atoms with van der Waals surface area (Å²) in [5.41, 5.74) is 1.15. The minimum Gasteiger partial charge on any atom is -0.352 e. The van der Waals surface area contributed by atoms with Crippen LogP contribution in [0.1, 0.15) is 35.2 Å². The SMILES string of the molecule is Cc1ccn2c(=O)c(C(=O)NCCCN3CCCC3=O)cnc2c1. The van der Waals surface area contributed by atoms with Crippen molar-refractivity contribution in [3.8, 4) is 0 Å². The zero-order valence-corrected chi connectivity index (χ0v) is 13.6. The number of aromatic nitrogens is 2. The molecule has 24 heavy (non-hydrogen) atoms. The number of amides is 2. The lowest BCUT2D eigenvalue weighted by molar-refractivity contribution is -0.127. The van der Waals surface area contributed by atoms with E-state index in [4.69, 9.17) is 0 Å². The molecule has 3 heterocycles. The normalized spacial score (nSPS) is 14.4. The summed E-state index contributed by atoms with van der Waals surface area (Å²) in [5.74, 6) is -0.260. The summed E-state index contributed by atoms with van der Waals surface area (Å²) in [6.07, 6.45) is 5.13. The third-order valence-corrected chi connectivity index (χ3v) is 4.17. The lowest BCUT2D eigenvalue weighted by Gasteiger charge is -2.15. The van der Waals surface area contributed by atoms with Gasteiger partial charge in [0.25, 0.3) is 11.5 Å². The van der Waals surface area contributed by atoms with E-state index in [1.54, 1.807) is 23.2 Å². The number of nitrogens with one attached hydrogen (secondary N) is 1. The van der Waals surface area contributed by atoms with Crippen molar-refractivity contribution in [3.05, 3.63) is 46.0 Å². The number of hydrogen-bond acceptors (Lipinski definition) is 4. The third-order valence-electron chi connectivity index (χ3n) is 4.17. The van der Waals surface area contributed by atoms with Gasteiger partial charge in [-0.2, -0.15) is 0 Å². The van der Waals surface area contributed by atoms with Gasteiger partial charge in [-0.05, 0) is 37.5 Å². The smallest absolute Gasteiger partial charge is 0.270 e. The molecule has 0 spiro atoms. The van der Waals surface area contributed by atoms with Crippen molar-refractivity contribution in [1.82, 2.24) is 19.6 Å². The highest BCUT2D eigenvalue weighted by Crippen LogP contribution is 2.09. The molecule has 1 fully saturated rings. The van der Waals surface area contributed by atoms with E-state index >= 15 is 0 Å². The fourth-order valence-corrected chi connectivity index (χ4v) is 2.84. The van der Waals surface area contributed by atoms with Crippen LogP contribution in [-0.4, -0.2) is 45.7 Å². The van der Waals surface area contributed by atoms with Gasteiger partial charge < -0.3 is 10.2 Å². The number of nitrogens with zero attached hydrogens (tertiary/aromatic N) is 3. The average Bonchev–Trinajstić information content (AvgIpc) is 2.96. The van der Waals surface area contributed by atoms with Gasteiger partial charge in [0, 0.05) is 38.4 Å². The molecule has 2 aromatic heterocycles. The summed E-state index contributed by atoms with van der Waals surface area (Å²) in [6, 6.07) is 3.58. The summed E-state index contributed by atoms with van der Waals surface area (Å²) >= 11 is 0. The second kappa shape index (κ2) is 6.82. The van der Waals surface area contributed by atoms with Crippen LogP contribution >= 0.6 is 0 Å². The van der Waals surface area contributed by atoms with E-state index in [0.29, 0.717) is 31.6 Å². The Hall–Kier alpha value is -2.70. The monoisotopic (exact) mass is 328 g/mol. The maximum Gasteiger partial charge on any atom is 0.270 e. The molecular weight excluding hydrogens is 308 g/mol. The Bertz CT molecular complexity index is 843. The topological polar surface area (TPSA) is 83.8 Å². The largest absolute Gasteiger partial charge is 0.352 e. The van der Waals surface area contributed by atoms with Crippen molar-refractivity contribution < 1.29 is 9.59 Å². The first-order valence-corrected chi connectivity index (χ1v) is 8.10. The summed E-state index contributed by atoms with van der Waals surface area (Å²) in [5, 5.41) is 2.72. The van der Waals surface area contributed by atoms with Gasteiger partial charge in [-0.1, -0.05) is 0 Å². The number of carbonyl (C=O) groups excluding carboxylic acids is 2. The molecule has 7 heteroatoms. The maximum absolute atomic E-state index is 12.4. The van der Waals surface area contributed by atoms with E-state index in [1.165, 1.54) is 10.6 Å². The molecule has 2 amide bonds. The van der Waals surface area contributed by atoms with Crippen LogP contribution in [0.5, 0.6) is 0 Å². The van der Waals surface area contributed by atoms with Crippen LogP contribution in [0.25, 0.3) is 5.65 Å².